The molecular weight excluding hydrogens is 318 g/mol. The molecule has 0 unspecified atom stereocenters. The van der Waals surface area contributed by atoms with Crippen molar-refractivity contribution in [2.75, 3.05) is 11.6 Å². The van der Waals surface area contributed by atoms with Gasteiger partial charge in [0.2, 0.25) is 5.91 Å². The topological polar surface area (TPSA) is 82.5 Å². The van der Waals surface area contributed by atoms with Crippen molar-refractivity contribution in [1.29, 1.82) is 0 Å². The van der Waals surface area contributed by atoms with Crippen molar-refractivity contribution in [2.24, 2.45) is 5.41 Å². The lowest BCUT2D eigenvalue weighted by atomic mass is 9.70. The number of benzene rings is 1. The van der Waals surface area contributed by atoms with Crippen LogP contribution in [0.25, 0.3) is 0 Å². The Kier molecular flexibility index (Phi) is 3.77. The van der Waals surface area contributed by atoms with E-state index in [1.165, 1.54) is 11.8 Å². The highest BCUT2D eigenvalue weighted by molar-refractivity contribution is 6.04. The minimum atomic E-state index is -0.531. The van der Waals surface area contributed by atoms with E-state index in [9.17, 15) is 14.8 Å². The van der Waals surface area contributed by atoms with Crippen LogP contribution in [0, 0.1) is 5.41 Å². The molecule has 1 spiro atoms. The van der Waals surface area contributed by atoms with Gasteiger partial charge in [0.1, 0.15) is 0 Å². The van der Waals surface area contributed by atoms with Crippen LogP contribution >= 0.6 is 0 Å². The number of anilines is 1. The van der Waals surface area contributed by atoms with Crippen LogP contribution < -0.4 is 10.4 Å². The number of pyridine rings is 1. The van der Waals surface area contributed by atoms with Gasteiger partial charge in [-0.15, -0.1) is 0 Å². The van der Waals surface area contributed by atoms with Crippen molar-refractivity contribution in [3.8, 4) is 0 Å². The van der Waals surface area contributed by atoms with Crippen molar-refractivity contribution in [2.45, 2.75) is 25.7 Å². The van der Waals surface area contributed by atoms with Gasteiger partial charge in [-0.25, -0.2) is 4.98 Å². The van der Waals surface area contributed by atoms with Crippen LogP contribution in [-0.4, -0.2) is 28.6 Å². The van der Waals surface area contributed by atoms with Gasteiger partial charge < -0.3 is 5.32 Å². The fourth-order valence-corrected chi connectivity index (χ4v) is 3.82. The fourth-order valence-electron chi connectivity index (χ4n) is 3.82. The molecule has 0 bridgehead atoms. The molecule has 25 heavy (non-hydrogen) atoms. The van der Waals surface area contributed by atoms with Gasteiger partial charge in [-0.3, -0.25) is 14.8 Å². The van der Waals surface area contributed by atoms with Crippen molar-refractivity contribution in [1.82, 2.24) is 10.3 Å². The van der Waals surface area contributed by atoms with Crippen molar-refractivity contribution in [3.63, 3.8) is 0 Å². The summed E-state index contributed by atoms with van der Waals surface area (Å²) in [7, 11) is 0. The van der Waals surface area contributed by atoms with E-state index in [4.69, 9.17) is 0 Å². The molecule has 6 heteroatoms. The molecule has 2 N–H and O–H groups in total. The molecule has 1 aliphatic heterocycles. The Labute approximate surface area is 145 Å². The zero-order chi connectivity index (χ0) is 17.4. The summed E-state index contributed by atoms with van der Waals surface area (Å²) in [6.07, 6.45) is 4.68. The van der Waals surface area contributed by atoms with E-state index in [0.29, 0.717) is 17.0 Å². The number of fused-ring (bicyclic) bond motifs is 1. The number of hydrogen-bond acceptors (Lipinski definition) is 4. The van der Waals surface area contributed by atoms with Crippen LogP contribution in [-0.2, 0) is 17.6 Å². The van der Waals surface area contributed by atoms with E-state index in [1.54, 1.807) is 30.3 Å². The Hall–Kier alpha value is -2.73. The zero-order valence-electron chi connectivity index (χ0n) is 13.7. The number of rotatable bonds is 2. The van der Waals surface area contributed by atoms with E-state index in [-0.39, 0.29) is 17.1 Å². The third-order valence-corrected chi connectivity index (χ3v) is 5.28. The lowest BCUT2D eigenvalue weighted by Crippen LogP contribution is -2.36. The maximum absolute atomic E-state index is 12.6. The number of amides is 2. The zero-order valence-corrected chi connectivity index (χ0v) is 13.7. The van der Waals surface area contributed by atoms with Crippen LogP contribution in [0.1, 0.15) is 34.3 Å². The molecule has 1 aromatic heterocycles. The number of aromatic nitrogens is 1. The summed E-state index contributed by atoms with van der Waals surface area (Å²) < 4.78 is 0. The Morgan fingerprint density at radius 2 is 2.08 bits per heavy atom. The van der Waals surface area contributed by atoms with Crippen molar-refractivity contribution < 1.29 is 14.8 Å². The molecule has 1 fully saturated rings. The molecular formula is C19H19N3O3. The number of nitrogens with one attached hydrogen (secondary N) is 1. The molecule has 0 saturated carbocycles. The summed E-state index contributed by atoms with van der Waals surface area (Å²) in [6.45, 7) is 0.719. The summed E-state index contributed by atoms with van der Waals surface area (Å²) in [5.74, 6) is -0.235. The van der Waals surface area contributed by atoms with Crippen LogP contribution in [0.2, 0.25) is 0 Å². The average molecular weight is 337 g/mol. The molecule has 128 valence electrons. The van der Waals surface area contributed by atoms with Gasteiger partial charge in [0.25, 0.3) is 5.91 Å². The van der Waals surface area contributed by atoms with E-state index >= 15 is 0 Å². The maximum Gasteiger partial charge on any atom is 0.283 e. The Morgan fingerprint density at radius 3 is 2.80 bits per heavy atom. The third kappa shape index (κ3) is 2.68. The maximum atomic E-state index is 12.6. The SMILES string of the molecule is O=C(c1ccc2c(c1)C[C@]1(CCNC1=O)CC2)N(O)c1ccccn1. The van der Waals surface area contributed by atoms with E-state index in [2.05, 4.69) is 10.3 Å². The second-order valence-corrected chi connectivity index (χ2v) is 6.75. The number of carbonyl (C=O) groups excluding carboxylic acids is 2. The first-order valence-corrected chi connectivity index (χ1v) is 8.44. The monoisotopic (exact) mass is 337 g/mol. The van der Waals surface area contributed by atoms with Gasteiger partial charge in [0.05, 0.1) is 5.41 Å². The van der Waals surface area contributed by atoms with Gasteiger partial charge >= 0.3 is 0 Å². The van der Waals surface area contributed by atoms with Gasteiger partial charge in [0.15, 0.2) is 5.82 Å². The first-order valence-electron chi connectivity index (χ1n) is 8.44. The van der Waals surface area contributed by atoms with Crippen molar-refractivity contribution >= 4 is 17.6 Å². The van der Waals surface area contributed by atoms with Crippen LogP contribution in [0.3, 0.4) is 0 Å². The minimum Gasteiger partial charge on any atom is -0.356 e. The highest BCUT2D eigenvalue weighted by Crippen LogP contribution is 2.41. The molecule has 0 radical (unpaired) electrons. The average Bonchev–Trinajstić information content (AvgIpc) is 3.00. The molecule has 2 aromatic rings. The second kappa shape index (κ2) is 5.97. The van der Waals surface area contributed by atoms with Gasteiger partial charge in [-0.05, 0) is 61.1 Å². The van der Waals surface area contributed by atoms with E-state index in [0.717, 1.165) is 31.4 Å². The van der Waals surface area contributed by atoms with E-state index < -0.39 is 5.91 Å². The summed E-state index contributed by atoms with van der Waals surface area (Å²) >= 11 is 0. The Morgan fingerprint density at radius 1 is 1.20 bits per heavy atom. The van der Waals surface area contributed by atoms with Crippen LogP contribution in [0.15, 0.2) is 42.6 Å². The normalized spacial score (nSPS) is 21.7. The van der Waals surface area contributed by atoms with Crippen LogP contribution in [0.5, 0.6) is 0 Å². The third-order valence-electron chi connectivity index (χ3n) is 5.28. The Bertz CT molecular complexity index is 837. The lowest BCUT2D eigenvalue weighted by molar-refractivity contribution is -0.128. The smallest absolute Gasteiger partial charge is 0.283 e. The van der Waals surface area contributed by atoms with Crippen molar-refractivity contribution in [3.05, 3.63) is 59.3 Å². The summed E-state index contributed by atoms with van der Waals surface area (Å²) in [5.41, 5.74) is 2.24. The Balaban J connectivity index is 1.62. The molecule has 2 aliphatic rings. The van der Waals surface area contributed by atoms with E-state index in [1.807, 2.05) is 6.07 Å². The molecule has 4 rings (SSSR count). The van der Waals surface area contributed by atoms with Crippen LogP contribution in [0.4, 0.5) is 5.82 Å². The summed E-state index contributed by atoms with van der Waals surface area (Å²) in [4.78, 5) is 28.8. The first-order chi connectivity index (χ1) is 12.1. The van der Waals surface area contributed by atoms with Gasteiger partial charge in [-0.1, -0.05) is 12.1 Å². The standard InChI is InChI=1S/C19H19N3O3/c23-17(22(25)16-3-1-2-9-20-16)14-5-4-13-6-7-19(12-15(13)11-14)8-10-21-18(19)24/h1-5,9,11,25H,6-8,10,12H2,(H,21,24)/t19-/m1/s1. The largest absolute Gasteiger partial charge is 0.356 e. The number of hydrogen-bond donors (Lipinski definition) is 2. The predicted molar refractivity (Wildman–Crippen MR) is 91.4 cm³/mol. The first kappa shape index (κ1) is 15.8. The molecule has 1 aliphatic carbocycles. The predicted octanol–water partition coefficient (Wildman–Crippen LogP) is 2.11. The number of carbonyl (C=O) groups is 2. The molecule has 1 aromatic carbocycles. The second-order valence-electron chi connectivity index (χ2n) is 6.75. The summed E-state index contributed by atoms with van der Waals surface area (Å²) in [5, 5.41) is 13.6. The quantitative estimate of drug-likeness (QED) is 0.649. The highest BCUT2D eigenvalue weighted by Gasteiger charge is 2.44. The number of nitrogens with zero attached hydrogens (tertiary/aromatic N) is 2. The molecule has 1 saturated heterocycles. The van der Waals surface area contributed by atoms with Gasteiger partial charge in [-0.2, -0.15) is 5.06 Å². The number of aryl methyl sites for hydroxylation is 1. The fraction of sp³-hybridized carbons (Fsp3) is 0.316. The van der Waals surface area contributed by atoms with Gasteiger partial charge in [0, 0.05) is 18.3 Å². The summed E-state index contributed by atoms with van der Waals surface area (Å²) in [6, 6.07) is 10.4. The lowest BCUT2D eigenvalue weighted by Gasteiger charge is -2.32. The minimum absolute atomic E-state index is 0.118. The molecule has 1 atom stereocenters. The highest BCUT2D eigenvalue weighted by atomic mass is 16.5. The molecule has 6 nitrogen and oxygen atoms in total. The molecule has 2 amide bonds. The molecule has 2 heterocycles. The number of hydroxylamine groups is 1.